The first kappa shape index (κ1) is 13.0. The van der Waals surface area contributed by atoms with Gasteiger partial charge in [-0.15, -0.1) is 0 Å². The van der Waals surface area contributed by atoms with Crippen LogP contribution in [0.15, 0.2) is 36.5 Å². The van der Waals surface area contributed by atoms with E-state index in [1.54, 1.807) is 5.56 Å². The van der Waals surface area contributed by atoms with Gasteiger partial charge in [-0.05, 0) is 60.5 Å². The molecule has 0 bridgehead atoms. The molecule has 108 valence electrons. The zero-order valence-corrected chi connectivity index (χ0v) is 12.6. The third-order valence-corrected chi connectivity index (χ3v) is 5.06. The Balaban J connectivity index is 1.67. The zero-order valence-electron chi connectivity index (χ0n) is 12.6. The molecule has 0 aliphatic heterocycles. The van der Waals surface area contributed by atoms with Crippen molar-refractivity contribution in [3.05, 3.63) is 64.5 Å². The highest BCUT2D eigenvalue weighted by Crippen LogP contribution is 2.39. The topological polar surface area (TPSA) is 24.9 Å². The van der Waals surface area contributed by atoms with E-state index in [-0.39, 0.29) is 0 Å². The van der Waals surface area contributed by atoms with Crippen molar-refractivity contribution in [3.63, 3.8) is 0 Å². The number of aromatic nitrogens is 1. The fraction of sp³-hybridized carbons (Fsp3) is 0.421. The first-order valence-electron chi connectivity index (χ1n) is 8.16. The van der Waals surface area contributed by atoms with Gasteiger partial charge in [0.25, 0.3) is 0 Å². The molecule has 2 heteroatoms. The van der Waals surface area contributed by atoms with Gasteiger partial charge in [-0.1, -0.05) is 31.2 Å². The summed E-state index contributed by atoms with van der Waals surface area (Å²) < 4.78 is 0. The van der Waals surface area contributed by atoms with E-state index in [9.17, 15) is 0 Å². The van der Waals surface area contributed by atoms with Gasteiger partial charge < -0.3 is 5.32 Å². The van der Waals surface area contributed by atoms with Gasteiger partial charge in [-0.25, -0.2) is 0 Å². The molecule has 1 N–H and O–H groups in total. The summed E-state index contributed by atoms with van der Waals surface area (Å²) in [6.45, 7) is 3.24. The van der Waals surface area contributed by atoms with Crippen LogP contribution < -0.4 is 5.32 Å². The molecular formula is C19H22N2. The first-order valence-corrected chi connectivity index (χ1v) is 8.16. The van der Waals surface area contributed by atoms with Gasteiger partial charge in [0.2, 0.25) is 0 Å². The summed E-state index contributed by atoms with van der Waals surface area (Å²) >= 11 is 0. The van der Waals surface area contributed by atoms with Crippen molar-refractivity contribution >= 4 is 0 Å². The van der Waals surface area contributed by atoms with E-state index in [0.717, 1.165) is 6.54 Å². The monoisotopic (exact) mass is 278 g/mol. The van der Waals surface area contributed by atoms with E-state index in [2.05, 4.69) is 47.6 Å². The second kappa shape index (κ2) is 5.27. The Labute approximate surface area is 126 Å². The molecule has 0 fully saturated rings. The third kappa shape index (κ3) is 2.18. The van der Waals surface area contributed by atoms with Crippen LogP contribution in [0.3, 0.4) is 0 Å². The van der Waals surface area contributed by atoms with Crippen molar-refractivity contribution in [1.29, 1.82) is 0 Å². The number of aryl methyl sites for hydroxylation is 2. The Bertz CT molecular complexity index is 662. The second-order valence-electron chi connectivity index (χ2n) is 6.25. The third-order valence-electron chi connectivity index (χ3n) is 5.06. The highest BCUT2D eigenvalue weighted by molar-refractivity contribution is 5.44. The lowest BCUT2D eigenvalue weighted by Crippen LogP contribution is -2.18. The maximum absolute atomic E-state index is 4.64. The average Bonchev–Trinajstić information content (AvgIpc) is 3.11. The number of nitrogens with one attached hydrogen (secondary N) is 1. The predicted octanol–water partition coefficient (Wildman–Crippen LogP) is 3.76. The molecule has 0 saturated heterocycles. The molecule has 2 aliphatic rings. The van der Waals surface area contributed by atoms with Gasteiger partial charge >= 0.3 is 0 Å². The van der Waals surface area contributed by atoms with E-state index in [1.807, 2.05) is 6.20 Å². The molecule has 2 unspecified atom stereocenters. The van der Waals surface area contributed by atoms with Crippen LogP contribution in [0.1, 0.15) is 59.7 Å². The minimum Gasteiger partial charge on any atom is -0.310 e. The number of hydrogen-bond donors (Lipinski definition) is 1. The Kier molecular flexibility index (Phi) is 3.27. The van der Waals surface area contributed by atoms with Crippen molar-refractivity contribution in [2.24, 2.45) is 0 Å². The molecule has 1 aromatic carbocycles. The van der Waals surface area contributed by atoms with Crippen LogP contribution >= 0.6 is 0 Å². The molecule has 0 spiro atoms. The average molecular weight is 278 g/mol. The van der Waals surface area contributed by atoms with Crippen molar-refractivity contribution in [3.8, 4) is 0 Å². The molecule has 2 aromatic rings. The highest BCUT2D eigenvalue weighted by atomic mass is 14.9. The Hall–Kier alpha value is -1.67. The molecule has 4 rings (SSSR count). The summed E-state index contributed by atoms with van der Waals surface area (Å²) in [6, 6.07) is 12.0. The molecule has 0 saturated carbocycles. The van der Waals surface area contributed by atoms with E-state index < -0.39 is 0 Å². The van der Waals surface area contributed by atoms with Gasteiger partial charge in [-0.3, -0.25) is 4.98 Å². The summed E-state index contributed by atoms with van der Waals surface area (Å²) in [5.74, 6) is 0.504. The molecule has 2 nitrogen and oxygen atoms in total. The fourth-order valence-corrected chi connectivity index (χ4v) is 4.05. The molecule has 1 aromatic heterocycles. The van der Waals surface area contributed by atoms with E-state index in [4.69, 9.17) is 0 Å². The highest BCUT2D eigenvalue weighted by Gasteiger charge is 2.27. The van der Waals surface area contributed by atoms with Gasteiger partial charge in [0.1, 0.15) is 0 Å². The van der Waals surface area contributed by atoms with Crippen LogP contribution in [0, 0.1) is 0 Å². The predicted molar refractivity (Wildman–Crippen MR) is 85.6 cm³/mol. The normalized spacial score (nSPS) is 23.1. The molecule has 1 heterocycles. The maximum Gasteiger partial charge on any atom is 0.0510 e. The molecular weight excluding hydrogens is 256 g/mol. The van der Waals surface area contributed by atoms with Crippen LogP contribution in [0.4, 0.5) is 0 Å². The maximum atomic E-state index is 4.64. The van der Waals surface area contributed by atoms with Gasteiger partial charge in [0, 0.05) is 18.2 Å². The minimum atomic E-state index is 0.504. The standard InChI is InChI=1S/C19H22N2/c1-2-20-18-10-7-14-12-15(6-8-16(14)18)17-9-5-13-4-3-11-21-19(13)17/h3-4,6,8,11-12,17-18,20H,2,5,7,9-10H2,1H3. The number of fused-ring (bicyclic) bond motifs is 2. The van der Waals surface area contributed by atoms with E-state index >= 15 is 0 Å². The van der Waals surface area contributed by atoms with E-state index in [0.29, 0.717) is 12.0 Å². The van der Waals surface area contributed by atoms with Crippen molar-refractivity contribution in [1.82, 2.24) is 10.3 Å². The number of benzene rings is 1. The zero-order chi connectivity index (χ0) is 14.2. The molecule has 2 aliphatic carbocycles. The molecule has 0 amide bonds. The van der Waals surface area contributed by atoms with Gasteiger partial charge in [0.15, 0.2) is 0 Å². The number of rotatable bonds is 3. The van der Waals surface area contributed by atoms with Crippen LogP contribution in [-0.2, 0) is 12.8 Å². The molecule has 2 atom stereocenters. The van der Waals surface area contributed by atoms with Gasteiger partial charge in [0.05, 0.1) is 5.69 Å². The quantitative estimate of drug-likeness (QED) is 0.924. The number of pyridine rings is 1. The summed E-state index contributed by atoms with van der Waals surface area (Å²) in [5.41, 5.74) is 7.26. The van der Waals surface area contributed by atoms with Crippen molar-refractivity contribution < 1.29 is 0 Å². The summed E-state index contributed by atoms with van der Waals surface area (Å²) in [7, 11) is 0. The largest absolute Gasteiger partial charge is 0.310 e. The molecule has 21 heavy (non-hydrogen) atoms. The first-order chi connectivity index (χ1) is 10.4. The van der Waals surface area contributed by atoms with E-state index in [1.165, 1.54) is 48.1 Å². The van der Waals surface area contributed by atoms with Crippen molar-refractivity contribution in [2.45, 2.75) is 44.6 Å². The van der Waals surface area contributed by atoms with Crippen LogP contribution in [0.25, 0.3) is 0 Å². The van der Waals surface area contributed by atoms with Crippen LogP contribution in [-0.4, -0.2) is 11.5 Å². The second-order valence-corrected chi connectivity index (χ2v) is 6.25. The fourth-order valence-electron chi connectivity index (χ4n) is 4.05. The SMILES string of the molecule is CCNC1CCc2cc(C3CCc4cccnc43)ccc21. The Morgan fingerprint density at radius 2 is 2.05 bits per heavy atom. The summed E-state index contributed by atoms with van der Waals surface area (Å²) in [4.78, 5) is 4.64. The lowest BCUT2D eigenvalue weighted by atomic mass is 9.93. The van der Waals surface area contributed by atoms with Crippen LogP contribution in [0.2, 0.25) is 0 Å². The van der Waals surface area contributed by atoms with Gasteiger partial charge in [-0.2, -0.15) is 0 Å². The summed E-state index contributed by atoms with van der Waals surface area (Å²) in [6.07, 6.45) is 6.77. The summed E-state index contributed by atoms with van der Waals surface area (Å²) in [5, 5.41) is 3.59. The Morgan fingerprint density at radius 3 is 2.95 bits per heavy atom. The lowest BCUT2D eigenvalue weighted by molar-refractivity contribution is 0.549. The Morgan fingerprint density at radius 1 is 1.14 bits per heavy atom. The number of hydrogen-bond acceptors (Lipinski definition) is 2. The molecule has 0 radical (unpaired) electrons. The number of nitrogens with zero attached hydrogens (tertiary/aromatic N) is 1. The lowest BCUT2D eigenvalue weighted by Gasteiger charge is -2.15. The minimum absolute atomic E-state index is 0.504. The smallest absolute Gasteiger partial charge is 0.0510 e. The van der Waals surface area contributed by atoms with Crippen molar-refractivity contribution in [2.75, 3.05) is 6.54 Å². The van der Waals surface area contributed by atoms with Crippen LogP contribution in [0.5, 0.6) is 0 Å².